The van der Waals surface area contributed by atoms with E-state index >= 15 is 0 Å². The quantitative estimate of drug-likeness (QED) is 0.662. The maximum absolute atomic E-state index is 13.3. The Bertz CT molecular complexity index is 1170. The van der Waals surface area contributed by atoms with Crippen LogP contribution in [0.15, 0.2) is 34.7 Å². The molecule has 0 saturated carbocycles. The highest BCUT2D eigenvalue weighted by atomic mass is 32.2. The van der Waals surface area contributed by atoms with Crippen LogP contribution in [0.4, 0.5) is 10.2 Å². The first-order valence-electron chi connectivity index (χ1n) is 9.05. The summed E-state index contributed by atoms with van der Waals surface area (Å²) in [6, 6.07) is 7.31. The summed E-state index contributed by atoms with van der Waals surface area (Å²) in [4.78, 5) is 17.0. The summed E-state index contributed by atoms with van der Waals surface area (Å²) in [5, 5.41) is 3.06. The summed E-state index contributed by atoms with van der Waals surface area (Å²) >= 11 is 0. The van der Waals surface area contributed by atoms with Gasteiger partial charge in [-0.05, 0) is 42.3 Å². The van der Waals surface area contributed by atoms with Gasteiger partial charge in [-0.3, -0.25) is 9.10 Å². The molecule has 7 nitrogen and oxygen atoms in total. The number of nitrogens with one attached hydrogen (secondary N) is 1. The average molecular weight is 419 g/mol. The lowest BCUT2D eigenvalue weighted by Crippen LogP contribution is -2.27. The molecular formula is C20H22FN3O4S. The molecule has 2 aromatic heterocycles. The Labute approximate surface area is 168 Å². The molecule has 0 saturated heterocycles. The molecule has 9 heteroatoms. The zero-order valence-electron chi connectivity index (χ0n) is 16.6. The predicted molar refractivity (Wildman–Crippen MR) is 110 cm³/mol. The molecule has 3 aromatic rings. The number of furan rings is 1. The van der Waals surface area contributed by atoms with Crippen LogP contribution in [-0.2, 0) is 16.4 Å². The number of rotatable bonds is 6. The minimum Gasteiger partial charge on any atom is -0.437 e. The lowest BCUT2D eigenvalue weighted by Gasteiger charge is -2.18. The van der Waals surface area contributed by atoms with E-state index in [9.17, 15) is 17.6 Å². The molecule has 1 aromatic carbocycles. The van der Waals surface area contributed by atoms with Crippen LogP contribution in [0.2, 0.25) is 0 Å². The first-order chi connectivity index (χ1) is 13.7. The van der Waals surface area contributed by atoms with Crippen molar-refractivity contribution in [3.63, 3.8) is 0 Å². The third-order valence-corrected chi connectivity index (χ3v) is 5.78. The molecule has 0 aliphatic rings. The number of aromatic nitrogens is 1. The molecule has 0 radical (unpaired) electrons. The highest BCUT2D eigenvalue weighted by Gasteiger charge is 2.26. The number of anilines is 1. The van der Waals surface area contributed by atoms with E-state index in [0.717, 1.165) is 17.0 Å². The van der Waals surface area contributed by atoms with Crippen LogP contribution >= 0.6 is 0 Å². The van der Waals surface area contributed by atoms with E-state index in [2.05, 4.69) is 10.3 Å². The summed E-state index contributed by atoms with van der Waals surface area (Å²) in [5.41, 5.74) is 1.60. The maximum Gasteiger partial charge on any atom is 0.255 e. The fourth-order valence-electron chi connectivity index (χ4n) is 3.09. The molecule has 0 aliphatic carbocycles. The van der Waals surface area contributed by atoms with E-state index in [-0.39, 0.29) is 28.8 Å². The van der Waals surface area contributed by atoms with Gasteiger partial charge in [0, 0.05) is 19.7 Å². The van der Waals surface area contributed by atoms with Gasteiger partial charge in [0.2, 0.25) is 15.7 Å². The van der Waals surface area contributed by atoms with Gasteiger partial charge in [-0.1, -0.05) is 13.3 Å². The molecule has 0 aliphatic heterocycles. The number of benzene rings is 1. The number of aryl methyl sites for hydroxylation is 1. The fraction of sp³-hybridized carbons (Fsp3) is 0.300. The Morgan fingerprint density at radius 3 is 2.48 bits per heavy atom. The Hall–Kier alpha value is -2.94. The second-order valence-electron chi connectivity index (χ2n) is 6.70. The standard InChI is InChI=1S/C20H22FN3O4S/c1-5-6-13-11-15-16(19(25)22-2)17(12-7-9-14(21)10-8-12)28-20(15)23-18(13)24(3)29(4,26)27/h7-11H,5-6H2,1-4H3,(H,22,25). The number of nitrogens with zero attached hydrogens (tertiary/aromatic N) is 2. The summed E-state index contributed by atoms with van der Waals surface area (Å²) in [5.74, 6) is -0.290. The summed E-state index contributed by atoms with van der Waals surface area (Å²) < 4.78 is 44.4. The molecule has 3 rings (SSSR count). The second-order valence-corrected chi connectivity index (χ2v) is 8.71. The third-order valence-electron chi connectivity index (χ3n) is 4.61. The molecule has 1 amide bonds. The van der Waals surface area contributed by atoms with Crippen molar-refractivity contribution >= 4 is 32.8 Å². The number of carbonyl (C=O) groups excluding carboxylic acids is 1. The maximum atomic E-state index is 13.3. The minimum atomic E-state index is -3.54. The van der Waals surface area contributed by atoms with E-state index in [1.807, 2.05) is 6.92 Å². The number of hydrogen-bond acceptors (Lipinski definition) is 5. The van der Waals surface area contributed by atoms with Crippen molar-refractivity contribution in [1.29, 1.82) is 0 Å². The molecule has 154 valence electrons. The van der Waals surface area contributed by atoms with Crippen molar-refractivity contribution in [3.05, 3.63) is 47.3 Å². The van der Waals surface area contributed by atoms with Gasteiger partial charge >= 0.3 is 0 Å². The number of carbonyl (C=O) groups is 1. The summed E-state index contributed by atoms with van der Waals surface area (Å²) in [6.07, 6.45) is 2.43. The van der Waals surface area contributed by atoms with Gasteiger partial charge in [-0.25, -0.2) is 12.8 Å². The molecular weight excluding hydrogens is 397 g/mol. The monoisotopic (exact) mass is 419 g/mol. The number of fused-ring (bicyclic) bond motifs is 1. The average Bonchev–Trinajstić information content (AvgIpc) is 3.04. The zero-order valence-corrected chi connectivity index (χ0v) is 17.4. The SMILES string of the molecule is CCCc1cc2c(C(=O)NC)c(-c3ccc(F)cc3)oc2nc1N(C)S(C)(=O)=O. The summed E-state index contributed by atoms with van der Waals surface area (Å²) in [7, 11) is -0.614. The van der Waals surface area contributed by atoms with Crippen molar-refractivity contribution < 1.29 is 22.0 Å². The van der Waals surface area contributed by atoms with Crippen molar-refractivity contribution in [3.8, 4) is 11.3 Å². The Morgan fingerprint density at radius 1 is 1.28 bits per heavy atom. The van der Waals surface area contributed by atoms with Crippen LogP contribution in [-0.4, -0.2) is 39.7 Å². The Morgan fingerprint density at radius 2 is 1.93 bits per heavy atom. The van der Waals surface area contributed by atoms with E-state index < -0.39 is 15.8 Å². The smallest absolute Gasteiger partial charge is 0.255 e. The zero-order chi connectivity index (χ0) is 21.3. The highest BCUT2D eigenvalue weighted by molar-refractivity contribution is 7.92. The van der Waals surface area contributed by atoms with Crippen LogP contribution < -0.4 is 9.62 Å². The first-order valence-corrected chi connectivity index (χ1v) is 10.9. The van der Waals surface area contributed by atoms with E-state index in [0.29, 0.717) is 22.9 Å². The number of hydrogen-bond donors (Lipinski definition) is 1. The van der Waals surface area contributed by atoms with Crippen LogP contribution in [0, 0.1) is 5.82 Å². The Balaban J connectivity index is 2.33. The lowest BCUT2D eigenvalue weighted by molar-refractivity contribution is 0.0964. The van der Waals surface area contributed by atoms with Crippen LogP contribution in [0.5, 0.6) is 0 Å². The largest absolute Gasteiger partial charge is 0.437 e. The third kappa shape index (κ3) is 3.95. The highest BCUT2D eigenvalue weighted by Crippen LogP contribution is 2.36. The predicted octanol–water partition coefficient (Wildman–Crippen LogP) is 3.34. The van der Waals surface area contributed by atoms with E-state index in [1.54, 1.807) is 6.07 Å². The first kappa shape index (κ1) is 20.8. The van der Waals surface area contributed by atoms with Gasteiger partial charge in [0.25, 0.3) is 5.91 Å². The molecule has 1 N–H and O–H groups in total. The van der Waals surface area contributed by atoms with Gasteiger partial charge in [-0.15, -0.1) is 0 Å². The van der Waals surface area contributed by atoms with Gasteiger partial charge in [0.15, 0.2) is 0 Å². The topological polar surface area (TPSA) is 92.5 Å². The second kappa shape index (κ2) is 7.82. The van der Waals surface area contributed by atoms with Gasteiger partial charge in [-0.2, -0.15) is 4.98 Å². The van der Waals surface area contributed by atoms with Crippen molar-refractivity contribution in [2.45, 2.75) is 19.8 Å². The van der Waals surface area contributed by atoms with Gasteiger partial charge in [0.1, 0.15) is 17.4 Å². The number of sulfonamides is 1. The van der Waals surface area contributed by atoms with Crippen molar-refractivity contribution in [1.82, 2.24) is 10.3 Å². The molecule has 0 atom stereocenters. The number of amides is 1. The normalized spacial score (nSPS) is 11.6. The number of pyridine rings is 1. The van der Waals surface area contributed by atoms with Gasteiger partial charge < -0.3 is 9.73 Å². The van der Waals surface area contributed by atoms with E-state index in [1.165, 1.54) is 38.4 Å². The van der Waals surface area contributed by atoms with Crippen LogP contribution in [0.25, 0.3) is 22.4 Å². The molecule has 29 heavy (non-hydrogen) atoms. The van der Waals surface area contributed by atoms with E-state index in [4.69, 9.17) is 4.42 Å². The molecule has 2 heterocycles. The van der Waals surface area contributed by atoms with Crippen molar-refractivity contribution in [2.24, 2.45) is 0 Å². The van der Waals surface area contributed by atoms with Crippen LogP contribution in [0.3, 0.4) is 0 Å². The fourth-order valence-corrected chi connectivity index (χ4v) is 3.57. The molecule has 0 spiro atoms. The number of halogens is 1. The lowest BCUT2D eigenvalue weighted by atomic mass is 10.0. The Kier molecular flexibility index (Phi) is 5.61. The molecule has 0 fully saturated rings. The van der Waals surface area contributed by atoms with Crippen LogP contribution in [0.1, 0.15) is 29.3 Å². The van der Waals surface area contributed by atoms with Gasteiger partial charge in [0.05, 0.1) is 17.2 Å². The summed E-state index contributed by atoms with van der Waals surface area (Å²) in [6.45, 7) is 1.97. The molecule has 0 bridgehead atoms. The molecule has 0 unspecified atom stereocenters. The minimum absolute atomic E-state index is 0.133. The van der Waals surface area contributed by atoms with Crippen molar-refractivity contribution in [2.75, 3.05) is 24.7 Å².